The molecule has 1 heteroatoms. The van der Waals surface area contributed by atoms with E-state index in [1.807, 2.05) is 0 Å². The summed E-state index contributed by atoms with van der Waals surface area (Å²) in [5, 5.41) is 0. The maximum absolute atomic E-state index is 3.59. The Balaban J connectivity index is 2.58. The van der Waals surface area contributed by atoms with E-state index in [0.29, 0.717) is 0 Å². The van der Waals surface area contributed by atoms with E-state index in [-0.39, 0.29) is 0 Å². The monoisotopic (exact) mass is 210 g/mol. The highest BCUT2D eigenvalue weighted by molar-refractivity contribution is 9.10. The lowest BCUT2D eigenvalue weighted by Crippen LogP contribution is -1.87. The number of hydrogen-bond donors (Lipinski definition) is 0. The first-order chi connectivity index (χ1) is 5.29. The summed E-state index contributed by atoms with van der Waals surface area (Å²) in [6, 6.07) is 6.51. The molecule has 0 aliphatic heterocycles. The Morgan fingerprint density at radius 3 is 3.00 bits per heavy atom. The van der Waals surface area contributed by atoms with Crippen LogP contribution in [0.5, 0.6) is 0 Å². The van der Waals surface area contributed by atoms with E-state index < -0.39 is 0 Å². The van der Waals surface area contributed by atoms with Gasteiger partial charge in [-0.05, 0) is 36.0 Å². The molecular formula is C10H11Br. The van der Waals surface area contributed by atoms with Crippen LogP contribution in [-0.2, 0) is 6.42 Å². The average molecular weight is 211 g/mol. The highest BCUT2D eigenvalue weighted by atomic mass is 79.9. The van der Waals surface area contributed by atoms with Gasteiger partial charge in [0.15, 0.2) is 0 Å². The fraction of sp³-hybridized carbons (Fsp3) is 0.400. The zero-order valence-electron chi connectivity index (χ0n) is 6.60. The minimum Gasteiger partial charge on any atom is -0.0609 e. The molecule has 0 N–H and O–H groups in total. The predicted molar refractivity (Wildman–Crippen MR) is 50.9 cm³/mol. The van der Waals surface area contributed by atoms with Crippen molar-refractivity contribution in [2.75, 3.05) is 0 Å². The van der Waals surface area contributed by atoms with Crippen molar-refractivity contribution in [3.63, 3.8) is 0 Å². The molecule has 0 spiro atoms. The zero-order valence-corrected chi connectivity index (χ0v) is 8.19. The van der Waals surface area contributed by atoms with Crippen molar-refractivity contribution < 1.29 is 0 Å². The number of halogens is 1. The third-order valence-corrected chi connectivity index (χ3v) is 3.17. The van der Waals surface area contributed by atoms with Crippen LogP contribution in [0.1, 0.15) is 30.4 Å². The largest absolute Gasteiger partial charge is 0.0609 e. The fourth-order valence-electron chi connectivity index (χ4n) is 1.87. The van der Waals surface area contributed by atoms with Crippen LogP contribution >= 0.6 is 15.9 Å². The van der Waals surface area contributed by atoms with Crippen LogP contribution in [0, 0.1) is 0 Å². The van der Waals surface area contributed by atoms with Gasteiger partial charge in [-0.1, -0.05) is 35.0 Å². The van der Waals surface area contributed by atoms with E-state index in [4.69, 9.17) is 0 Å². The van der Waals surface area contributed by atoms with Crippen molar-refractivity contribution in [1.29, 1.82) is 0 Å². The van der Waals surface area contributed by atoms with Gasteiger partial charge in [-0.3, -0.25) is 0 Å². The molecule has 0 nitrogen and oxygen atoms in total. The maximum Gasteiger partial charge on any atom is 0.0212 e. The molecule has 0 bridgehead atoms. The molecule has 1 aliphatic rings. The molecule has 1 aromatic rings. The average Bonchev–Trinajstić information content (AvgIpc) is 2.34. The lowest BCUT2D eigenvalue weighted by molar-refractivity contribution is 0.745. The highest BCUT2D eigenvalue weighted by Crippen LogP contribution is 2.37. The Kier molecular flexibility index (Phi) is 1.76. The summed E-state index contributed by atoms with van der Waals surface area (Å²) in [5.74, 6) is 0.751. The van der Waals surface area contributed by atoms with Gasteiger partial charge < -0.3 is 0 Å². The lowest BCUT2D eigenvalue weighted by atomic mass is 10.0. The number of benzene rings is 1. The molecule has 0 radical (unpaired) electrons. The second-order valence-corrected chi connectivity index (χ2v) is 4.11. The van der Waals surface area contributed by atoms with Crippen LogP contribution in [0.3, 0.4) is 0 Å². The van der Waals surface area contributed by atoms with E-state index >= 15 is 0 Å². The maximum atomic E-state index is 3.59. The Morgan fingerprint density at radius 2 is 2.27 bits per heavy atom. The molecule has 0 amide bonds. The number of aryl methyl sites for hydroxylation is 1. The minimum atomic E-state index is 0.751. The second-order valence-electron chi connectivity index (χ2n) is 3.25. The van der Waals surface area contributed by atoms with Gasteiger partial charge in [0.2, 0.25) is 0 Å². The Morgan fingerprint density at radius 1 is 1.45 bits per heavy atom. The molecule has 1 aromatic carbocycles. The lowest BCUT2D eigenvalue weighted by Gasteiger charge is -2.05. The molecule has 1 unspecified atom stereocenters. The molecule has 11 heavy (non-hydrogen) atoms. The normalized spacial score (nSPS) is 21.8. The second kappa shape index (κ2) is 2.63. The van der Waals surface area contributed by atoms with Gasteiger partial charge in [-0.15, -0.1) is 0 Å². The Labute approximate surface area is 75.8 Å². The SMILES string of the molecule is CC1CCc2cccc(Br)c21. The van der Waals surface area contributed by atoms with Crippen LogP contribution in [0.2, 0.25) is 0 Å². The Bertz CT molecular complexity index is 278. The molecule has 2 rings (SSSR count). The molecule has 0 heterocycles. The first-order valence-electron chi connectivity index (χ1n) is 4.06. The van der Waals surface area contributed by atoms with E-state index in [0.717, 1.165) is 5.92 Å². The number of fused-ring (bicyclic) bond motifs is 1. The quantitative estimate of drug-likeness (QED) is 0.616. The molecule has 0 fully saturated rings. The van der Waals surface area contributed by atoms with Gasteiger partial charge in [0, 0.05) is 4.47 Å². The van der Waals surface area contributed by atoms with Crippen LogP contribution in [0.4, 0.5) is 0 Å². The molecule has 1 atom stereocenters. The van der Waals surface area contributed by atoms with E-state index in [9.17, 15) is 0 Å². The fourth-order valence-corrected chi connectivity index (χ4v) is 2.67. The van der Waals surface area contributed by atoms with Crippen molar-refractivity contribution in [3.8, 4) is 0 Å². The molecule has 0 saturated heterocycles. The van der Waals surface area contributed by atoms with E-state index in [2.05, 4.69) is 41.1 Å². The van der Waals surface area contributed by atoms with Crippen LogP contribution in [-0.4, -0.2) is 0 Å². The molecule has 0 aromatic heterocycles. The van der Waals surface area contributed by atoms with Crippen LogP contribution in [0.25, 0.3) is 0 Å². The van der Waals surface area contributed by atoms with Crippen molar-refractivity contribution in [2.24, 2.45) is 0 Å². The summed E-state index contributed by atoms with van der Waals surface area (Å²) < 4.78 is 1.29. The van der Waals surface area contributed by atoms with E-state index in [1.165, 1.54) is 28.4 Å². The van der Waals surface area contributed by atoms with Crippen molar-refractivity contribution in [3.05, 3.63) is 33.8 Å². The smallest absolute Gasteiger partial charge is 0.0212 e. The first kappa shape index (κ1) is 7.35. The first-order valence-corrected chi connectivity index (χ1v) is 4.85. The Hall–Kier alpha value is -0.300. The van der Waals surface area contributed by atoms with Gasteiger partial charge >= 0.3 is 0 Å². The molecule has 1 aliphatic carbocycles. The van der Waals surface area contributed by atoms with Crippen molar-refractivity contribution in [2.45, 2.75) is 25.7 Å². The summed E-state index contributed by atoms with van der Waals surface area (Å²) >= 11 is 3.59. The summed E-state index contributed by atoms with van der Waals surface area (Å²) in [6.45, 7) is 2.30. The number of rotatable bonds is 0. The highest BCUT2D eigenvalue weighted by Gasteiger charge is 2.19. The van der Waals surface area contributed by atoms with Gasteiger partial charge in [0.05, 0.1) is 0 Å². The van der Waals surface area contributed by atoms with Crippen molar-refractivity contribution >= 4 is 15.9 Å². The topological polar surface area (TPSA) is 0 Å². The summed E-state index contributed by atoms with van der Waals surface area (Å²) in [5.41, 5.74) is 3.07. The summed E-state index contributed by atoms with van der Waals surface area (Å²) in [4.78, 5) is 0. The third-order valence-electron chi connectivity index (χ3n) is 2.48. The predicted octanol–water partition coefficient (Wildman–Crippen LogP) is 3.50. The minimum absolute atomic E-state index is 0.751. The summed E-state index contributed by atoms with van der Waals surface area (Å²) in [6.07, 6.45) is 2.58. The molecular weight excluding hydrogens is 200 g/mol. The van der Waals surface area contributed by atoms with Gasteiger partial charge in [0.25, 0.3) is 0 Å². The van der Waals surface area contributed by atoms with Gasteiger partial charge in [-0.25, -0.2) is 0 Å². The standard InChI is InChI=1S/C10H11Br/c1-7-5-6-8-3-2-4-9(11)10(7)8/h2-4,7H,5-6H2,1H3. The zero-order chi connectivity index (χ0) is 7.84. The number of hydrogen-bond acceptors (Lipinski definition) is 0. The molecule has 58 valence electrons. The van der Waals surface area contributed by atoms with Gasteiger partial charge in [-0.2, -0.15) is 0 Å². The third kappa shape index (κ3) is 1.12. The van der Waals surface area contributed by atoms with Crippen LogP contribution in [0.15, 0.2) is 22.7 Å². The van der Waals surface area contributed by atoms with Crippen molar-refractivity contribution in [1.82, 2.24) is 0 Å². The summed E-state index contributed by atoms with van der Waals surface area (Å²) in [7, 11) is 0. The van der Waals surface area contributed by atoms with Crippen LogP contribution < -0.4 is 0 Å². The van der Waals surface area contributed by atoms with E-state index in [1.54, 1.807) is 0 Å². The molecule has 0 saturated carbocycles. The van der Waals surface area contributed by atoms with Gasteiger partial charge in [0.1, 0.15) is 0 Å².